The van der Waals surface area contributed by atoms with E-state index in [1.54, 1.807) is 52.0 Å². The molecule has 5 heteroatoms. The molecular formula is C17H21NO4. The minimum absolute atomic E-state index is 0.378. The highest BCUT2D eigenvalue weighted by atomic mass is 16.6. The molecule has 0 aliphatic heterocycles. The summed E-state index contributed by atoms with van der Waals surface area (Å²) >= 11 is 0. The zero-order valence-corrected chi connectivity index (χ0v) is 13.5. The molecule has 1 rings (SSSR count). The fourth-order valence-electron chi connectivity index (χ4n) is 1.55. The SMILES string of the molecule is COC(=O)c1cccc(C#CC(C)NC(=O)OC(C)(C)C)c1. The molecule has 0 saturated carbocycles. The van der Waals surface area contributed by atoms with Gasteiger partial charge in [0.2, 0.25) is 0 Å². The van der Waals surface area contributed by atoms with E-state index in [4.69, 9.17) is 4.74 Å². The van der Waals surface area contributed by atoms with Crippen LogP contribution in [0, 0.1) is 11.8 Å². The lowest BCUT2D eigenvalue weighted by Gasteiger charge is -2.20. The summed E-state index contributed by atoms with van der Waals surface area (Å²) in [5, 5.41) is 2.63. The predicted octanol–water partition coefficient (Wildman–Crippen LogP) is 2.74. The quantitative estimate of drug-likeness (QED) is 0.674. The first-order chi connectivity index (χ1) is 10.2. The fraction of sp³-hybridized carbons (Fsp3) is 0.412. The van der Waals surface area contributed by atoms with Crippen LogP contribution in [0.4, 0.5) is 4.79 Å². The van der Waals surface area contributed by atoms with Gasteiger partial charge < -0.3 is 14.8 Å². The van der Waals surface area contributed by atoms with Crippen molar-refractivity contribution in [2.75, 3.05) is 7.11 Å². The molecule has 1 aromatic carbocycles. The summed E-state index contributed by atoms with van der Waals surface area (Å²) in [4.78, 5) is 23.0. The fourth-order valence-corrected chi connectivity index (χ4v) is 1.55. The van der Waals surface area contributed by atoms with Crippen molar-refractivity contribution >= 4 is 12.1 Å². The first-order valence-electron chi connectivity index (χ1n) is 6.90. The number of hydrogen-bond donors (Lipinski definition) is 1. The second kappa shape index (κ2) is 7.51. The number of amides is 1. The van der Waals surface area contributed by atoms with Crippen molar-refractivity contribution in [1.82, 2.24) is 5.32 Å². The van der Waals surface area contributed by atoms with Crippen molar-refractivity contribution in [3.8, 4) is 11.8 Å². The van der Waals surface area contributed by atoms with Crippen molar-refractivity contribution in [1.29, 1.82) is 0 Å². The summed E-state index contributed by atoms with van der Waals surface area (Å²) in [6, 6.07) is 6.41. The number of nitrogens with one attached hydrogen (secondary N) is 1. The Labute approximate surface area is 131 Å². The smallest absolute Gasteiger partial charge is 0.408 e. The standard InChI is InChI=1S/C17H21NO4/c1-12(18-16(20)22-17(2,3)4)9-10-13-7-6-8-14(11-13)15(19)21-5/h6-8,11-12H,1-5H3,(H,18,20). The number of benzene rings is 1. The minimum atomic E-state index is -0.550. The summed E-state index contributed by atoms with van der Waals surface area (Å²) in [6.07, 6.45) is -0.516. The predicted molar refractivity (Wildman–Crippen MR) is 83.5 cm³/mol. The van der Waals surface area contributed by atoms with Gasteiger partial charge >= 0.3 is 12.1 Å². The number of hydrogen-bond acceptors (Lipinski definition) is 4. The number of rotatable bonds is 2. The summed E-state index contributed by atoms with van der Waals surface area (Å²) < 4.78 is 9.80. The third-order valence-electron chi connectivity index (χ3n) is 2.45. The van der Waals surface area contributed by atoms with Crippen molar-refractivity contribution in [2.45, 2.75) is 39.3 Å². The van der Waals surface area contributed by atoms with E-state index in [-0.39, 0.29) is 6.04 Å². The van der Waals surface area contributed by atoms with Crippen molar-refractivity contribution in [3.63, 3.8) is 0 Å². The molecule has 0 bridgehead atoms. The normalized spacial score (nSPS) is 11.7. The zero-order chi connectivity index (χ0) is 16.8. The second-order valence-electron chi connectivity index (χ2n) is 5.71. The van der Waals surface area contributed by atoms with Crippen LogP contribution >= 0.6 is 0 Å². The van der Waals surface area contributed by atoms with Gasteiger partial charge in [-0.25, -0.2) is 9.59 Å². The highest BCUT2D eigenvalue weighted by molar-refractivity contribution is 5.89. The lowest BCUT2D eigenvalue weighted by molar-refractivity contribution is 0.0518. The van der Waals surface area contributed by atoms with E-state index >= 15 is 0 Å². The molecular weight excluding hydrogens is 282 g/mol. The Morgan fingerprint density at radius 1 is 1.27 bits per heavy atom. The molecule has 0 aromatic heterocycles. The first-order valence-corrected chi connectivity index (χ1v) is 6.90. The summed E-state index contributed by atoms with van der Waals surface area (Å²) in [5.74, 6) is 5.38. The maximum atomic E-state index is 11.6. The highest BCUT2D eigenvalue weighted by Gasteiger charge is 2.16. The summed E-state index contributed by atoms with van der Waals surface area (Å²) in [7, 11) is 1.33. The molecule has 1 unspecified atom stereocenters. The van der Waals surface area contributed by atoms with Gasteiger partial charge in [0.15, 0.2) is 0 Å². The van der Waals surface area contributed by atoms with Crippen LogP contribution in [0.25, 0.3) is 0 Å². The van der Waals surface area contributed by atoms with Crippen LogP contribution in [0.1, 0.15) is 43.6 Å². The largest absolute Gasteiger partial charge is 0.465 e. The lowest BCUT2D eigenvalue weighted by Crippen LogP contribution is -2.37. The van der Waals surface area contributed by atoms with E-state index in [1.807, 2.05) is 0 Å². The molecule has 118 valence electrons. The lowest BCUT2D eigenvalue weighted by atomic mass is 10.1. The molecule has 0 fully saturated rings. The van der Waals surface area contributed by atoms with Crippen molar-refractivity contribution in [3.05, 3.63) is 35.4 Å². The third kappa shape index (κ3) is 6.31. The average molecular weight is 303 g/mol. The molecule has 1 N–H and O–H groups in total. The molecule has 0 saturated heterocycles. The van der Waals surface area contributed by atoms with E-state index in [9.17, 15) is 9.59 Å². The van der Waals surface area contributed by atoms with Gasteiger partial charge in [0.1, 0.15) is 5.60 Å². The Bertz CT molecular complexity index is 605. The van der Waals surface area contributed by atoms with Crippen LogP contribution in [0.3, 0.4) is 0 Å². The minimum Gasteiger partial charge on any atom is -0.465 e. The maximum Gasteiger partial charge on any atom is 0.408 e. The topological polar surface area (TPSA) is 64.6 Å². The molecule has 0 aliphatic carbocycles. The molecule has 1 amide bonds. The van der Waals surface area contributed by atoms with Gasteiger partial charge in [0, 0.05) is 5.56 Å². The number of carbonyl (C=O) groups is 2. The Kier molecular flexibility index (Phi) is 6.00. The third-order valence-corrected chi connectivity index (χ3v) is 2.45. The van der Waals surface area contributed by atoms with Gasteiger partial charge in [0.05, 0.1) is 18.7 Å². The maximum absolute atomic E-state index is 11.6. The molecule has 5 nitrogen and oxygen atoms in total. The number of alkyl carbamates (subject to hydrolysis) is 1. The number of ether oxygens (including phenoxy) is 2. The van der Waals surface area contributed by atoms with Gasteiger partial charge in [-0.1, -0.05) is 17.9 Å². The van der Waals surface area contributed by atoms with Crippen LogP contribution in [-0.2, 0) is 9.47 Å². The summed E-state index contributed by atoms with van der Waals surface area (Å²) in [5.41, 5.74) is 0.550. The molecule has 0 aliphatic rings. The monoisotopic (exact) mass is 303 g/mol. The van der Waals surface area contributed by atoms with Gasteiger partial charge in [-0.15, -0.1) is 0 Å². The molecule has 0 heterocycles. The molecule has 22 heavy (non-hydrogen) atoms. The Balaban J connectivity index is 2.70. The van der Waals surface area contributed by atoms with E-state index < -0.39 is 17.7 Å². The zero-order valence-electron chi connectivity index (χ0n) is 13.5. The molecule has 0 radical (unpaired) electrons. The molecule has 1 aromatic rings. The van der Waals surface area contributed by atoms with Crippen LogP contribution in [0.5, 0.6) is 0 Å². The van der Waals surface area contributed by atoms with Gasteiger partial charge in [-0.05, 0) is 45.9 Å². The summed E-state index contributed by atoms with van der Waals surface area (Å²) in [6.45, 7) is 7.13. The first kappa shape index (κ1) is 17.6. The van der Waals surface area contributed by atoms with E-state index in [0.717, 1.165) is 0 Å². The van der Waals surface area contributed by atoms with Crippen LogP contribution in [-0.4, -0.2) is 30.8 Å². The van der Waals surface area contributed by atoms with E-state index in [2.05, 4.69) is 21.9 Å². The van der Waals surface area contributed by atoms with E-state index in [1.165, 1.54) is 7.11 Å². The van der Waals surface area contributed by atoms with Gasteiger partial charge in [0.25, 0.3) is 0 Å². The highest BCUT2D eigenvalue weighted by Crippen LogP contribution is 2.07. The van der Waals surface area contributed by atoms with Gasteiger partial charge in [-0.3, -0.25) is 0 Å². The molecule has 0 spiro atoms. The second-order valence-corrected chi connectivity index (χ2v) is 5.71. The Hall–Kier alpha value is -2.48. The van der Waals surface area contributed by atoms with Crippen molar-refractivity contribution < 1.29 is 19.1 Å². The van der Waals surface area contributed by atoms with Crippen LogP contribution in [0.15, 0.2) is 24.3 Å². The number of methoxy groups -OCH3 is 1. The number of esters is 1. The van der Waals surface area contributed by atoms with Gasteiger partial charge in [-0.2, -0.15) is 0 Å². The Morgan fingerprint density at radius 2 is 1.95 bits per heavy atom. The van der Waals surface area contributed by atoms with Crippen LogP contribution in [0.2, 0.25) is 0 Å². The Morgan fingerprint density at radius 3 is 2.55 bits per heavy atom. The van der Waals surface area contributed by atoms with Crippen LogP contribution < -0.4 is 5.32 Å². The van der Waals surface area contributed by atoms with Crippen molar-refractivity contribution in [2.24, 2.45) is 0 Å². The van der Waals surface area contributed by atoms with E-state index in [0.29, 0.717) is 11.1 Å². The number of carbonyl (C=O) groups excluding carboxylic acids is 2. The average Bonchev–Trinajstić information content (AvgIpc) is 2.42. The molecule has 1 atom stereocenters.